The van der Waals surface area contributed by atoms with Gasteiger partial charge in [0.2, 0.25) is 5.91 Å². The maximum absolute atomic E-state index is 12.2. The summed E-state index contributed by atoms with van der Waals surface area (Å²) in [5, 5.41) is 0. The Labute approximate surface area is 111 Å². The lowest BCUT2D eigenvalue weighted by atomic mass is 9.98. The van der Waals surface area contributed by atoms with Gasteiger partial charge in [0.25, 0.3) is 0 Å². The van der Waals surface area contributed by atoms with Crippen molar-refractivity contribution in [2.45, 2.75) is 46.1 Å². The summed E-state index contributed by atoms with van der Waals surface area (Å²) in [7, 11) is 0. The molecule has 1 fully saturated rings. The van der Waals surface area contributed by atoms with E-state index in [1.807, 2.05) is 18.7 Å². The predicted octanol–water partition coefficient (Wildman–Crippen LogP) is 1.30. The van der Waals surface area contributed by atoms with Gasteiger partial charge in [0, 0.05) is 26.2 Å². The van der Waals surface area contributed by atoms with Gasteiger partial charge in [0.05, 0.1) is 5.54 Å². The van der Waals surface area contributed by atoms with E-state index in [-0.39, 0.29) is 5.91 Å². The Morgan fingerprint density at radius 3 is 2.28 bits per heavy atom. The highest BCUT2D eigenvalue weighted by atomic mass is 16.2. The number of nitrogens with zero attached hydrogens (tertiary/aromatic N) is 2. The molecule has 0 aliphatic carbocycles. The number of piperazine rings is 1. The van der Waals surface area contributed by atoms with Gasteiger partial charge in [-0.05, 0) is 32.2 Å². The highest BCUT2D eigenvalue weighted by molar-refractivity contribution is 5.85. The van der Waals surface area contributed by atoms with E-state index in [2.05, 4.69) is 18.7 Å². The maximum atomic E-state index is 12.2. The zero-order valence-corrected chi connectivity index (χ0v) is 12.4. The summed E-state index contributed by atoms with van der Waals surface area (Å²) in [5.74, 6) is 0.852. The second kappa shape index (κ2) is 6.53. The molecule has 1 heterocycles. The molecule has 0 aromatic carbocycles. The predicted molar refractivity (Wildman–Crippen MR) is 75.4 cm³/mol. The summed E-state index contributed by atoms with van der Waals surface area (Å²) in [4.78, 5) is 16.6. The molecule has 1 amide bonds. The normalized spacial score (nSPS) is 21.1. The van der Waals surface area contributed by atoms with Gasteiger partial charge in [-0.25, -0.2) is 0 Å². The number of amides is 1. The number of carbonyl (C=O) groups is 1. The lowest BCUT2D eigenvalue weighted by Crippen LogP contribution is -2.58. The fourth-order valence-corrected chi connectivity index (χ4v) is 2.13. The average Bonchev–Trinajstić information content (AvgIpc) is 2.36. The Hall–Kier alpha value is -0.610. The van der Waals surface area contributed by atoms with Gasteiger partial charge in [-0.15, -0.1) is 0 Å². The fraction of sp³-hybridized carbons (Fsp3) is 0.929. The van der Waals surface area contributed by atoms with Crippen molar-refractivity contribution in [3.05, 3.63) is 0 Å². The average molecular weight is 255 g/mol. The first-order valence-electron chi connectivity index (χ1n) is 7.17. The lowest BCUT2D eigenvalue weighted by molar-refractivity contribution is -0.138. The molecular weight excluding hydrogens is 226 g/mol. The van der Waals surface area contributed by atoms with Crippen molar-refractivity contribution in [2.75, 3.05) is 32.7 Å². The smallest absolute Gasteiger partial charge is 0.242 e. The summed E-state index contributed by atoms with van der Waals surface area (Å²) < 4.78 is 0. The molecule has 4 heteroatoms. The van der Waals surface area contributed by atoms with E-state index in [9.17, 15) is 4.79 Å². The quantitative estimate of drug-likeness (QED) is 0.805. The van der Waals surface area contributed by atoms with Crippen LogP contribution < -0.4 is 5.73 Å². The highest BCUT2D eigenvalue weighted by Crippen LogP contribution is 2.13. The molecule has 18 heavy (non-hydrogen) atoms. The number of hydrogen-bond acceptors (Lipinski definition) is 3. The van der Waals surface area contributed by atoms with E-state index in [0.717, 1.165) is 38.6 Å². The molecule has 0 aromatic rings. The van der Waals surface area contributed by atoms with Gasteiger partial charge >= 0.3 is 0 Å². The van der Waals surface area contributed by atoms with Crippen LogP contribution in [0.4, 0.5) is 0 Å². The van der Waals surface area contributed by atoms with Crippen molar-refractivity contribution in [3.8, 4) is 0 Å². The van der Waals surface area contributed by atoms with Crippen LogP contribution in [0.1, 0.15) is 40.5 Å². The van der Waals surface area contributed by atoms with E-state index in [0.29, 0.717) is 6.42 Å². The Kier molecular flexibility index (Phi) is 5.60. The summed E-state index contributed by atoms with van der Waals surface area (Å²) in [6.07, 6.45) is 1.93. The van der Waals surface area contributed by atoms with E-state index in [4.69, 9.17) is 5.73 Å². The van der Waals surface area contributed by atoms with Crippen LogP contribution >= 0.6 is 0 Å². The largest absolute Gasteiger partial charge is 0.339 e. The van der Waals surface area contributed by atoms with Crippen molar-refractivity contribution in [1.82, 2.24) is 9.80 Å². The molecule has 1 rings (SSSR count). The first kappa shape index (κ1) is 15.4. The third-order valence-electron chi connectivity index (χ3n) is 3.91. The second-order valence-electron chi connectivity index (χ2n) is 6.09. The molecule has 106 valence electrons. The Morgan fingerprint density at radius 2 is 1.83 bits per heavy atom. The van der Waals surface area contributed by atoms with Crippen LogP contribution in [0.25, 0.3) is 0 Å². The van der Waals surface area contributed by atoms with Crippen molar-refractivity contribution < 1.29 is 4.79 Å². The number of nitrogens with two attached hydrogens (primary N) is 1. The molecule has 0 spiro atoms. The van der Waals surface area contributed by atoms with Crippen LogP contribution in [0.3, 0.4) is 0 Å². The van der Waals surface area contributed by atoms with Crippen LogP contribution in [0.2, 0.25) is 0 Å². The minimum absolute atomic E-state index is 0.105. The van der Waals surface area contributed by atoms with E-state index in [1.165, 1.54) is 6.42 Å². The Morgan fingerprint density at radius 1 is 1.28 bits per heavy atom. The first-order valence-corrected chi connectivity index (χ1v) is 7.17. The van der Waals surface area contributed by atoms with Crippen LogP contribution in [0.5, 0.6) is 0 Å². The molecule has 0 saturated carbocycles. The van der Waals surface area contributed by atoms with Crippen molar-refractivity contribution in [3.63, 3.8) is 0 Å². The van der Waals surface area contributed by atoms with E-state index >= 15 is 0 Å². The number of rotatable bonds is 5. The van der Waals surface area contributed by atoms with Crippen molar-refractivity contribution in [2.24, 2.45) is 11.7 Å². The standard InChI is InChI=1S/C14H29N3O/c1-5-14(4,15)13(18)17-10-8-16(9-11-17)7-6-12(2)3/h12H,5-11,15H2,1-4H3. The molecule has 4 nitrogen and oxygen atoms in total. The van der Waals surface area contributed by atoms with Crippen LogP contribution in [0.15, 0.2) is 0 Å². The molecular formula is C14H29N3O. The molecule has 1 atom stereocenters. The SMILES string of the molecule is CCC(C)(N)C(=O)N1CCN(CCC(C)C)CC1. The number of carbonyl (C=O) groups excluding carboxylic acids is 1. The summed E-state index contributed by atoms with van der Waals surface area (Å²) in [6, 6.07) is 0. The molecule has 1 aliphatic rings. The molecule has 0 aromatic heterocycles. The maximum Gasteiger partial charge on any atom is 0.242 e. The van der Waals surface area contributed by atoms with Crippen LogP contribution in [-0.2, 0) is 4.79 Å². The zero-order valence-electron chi connectivity index (χ0n) is 12.4. The van der Waals surface area contributed by atoms with Gasteiger partial charge in [-0.1, -0.05) is 20.8 Å². The third-order valence-corrected chi connectivity index (χ3v) is 3.91. The lowest BCUT2D eigenvalue weighted by Gasteiger charge is -2.38. The van der Waals surface area contributed by atoms with Crippen molar-refractivity contribution >= 4 is 5.91 Å². The molecule has 0 radical (unpaired) electrons. The third kappa shape index (κ3) is 4.25. The van der Waals surface area contributed by atoms with Gasteiger partial charge in [0.1, 0.15) is 0 Å². The molecule has 1 aliphatic heterocycles. The minimum Gasteiger partial charge on any atom is -0.339 e. The number of hydrogen-bond donors (Lipinski definition) is 1. The van der Waals surface area contributed by atoms with Crippen LogP contribution in [-0.4, -0.2) is 54.0 Å². The molecule has 1 saturated heterocycles. The zero-order chi connectivity index (χ0) is 13.8. The second-order valence-corrected chi connectivity index (χ2v) is 6.09. The molecule has 1 unspecified atom stereocenters. The summed E-state index contributed by atoms with van der Waals surface area (Å²) >= 11 is 0. The topological polar surface area (TPSA) is 49.6 Å². The van der Waals surface area contributed by atoms with Gasteiger partial charge in [0.15, 0.2) is 0 Å². The van der Waals surface area contributed by atoms with Gasteiger partial charge in [-0.2, -0.15) is 0 Å². The van der Waals surface area contributed by atoms with E-state index in [1.54, 1.807) is 0 Å². The van der Waals surface area contributed by atoms with Gasteiger partial charge in [-0.3, -0.25) is 9.69 Å². The highest BCUT2D eigenvalue weighted by Gasteiger charge is 2.32. The monoisotopic (exact) mass is 255 g/mol. The van der Waals surface area contributed by atoms with Gasteiger partial charge < -0.3 is 10.6 Å². The van der Waals surface area contributed by atoms with Crippen molar-refractivity contribution in [1.29, 1.82) is 0 Å². The van der Waals surface area contributed by atoms with E-state index < -0.39 is 5.54 Å². The minimum atomic E-state index is -0.694. The first-order chi connectivity index (χ1) is 8.36. The Bertz CT molecular complexity index is 268. The molecule has 0 bridgehead atoms. The fourth-order valence-electron chi connectivity index (χ4n) is 2.13. The molecule has 2 N–H and O–H groups in total. The van der Waals surface area contributed by atoms with Crippen LogP contribution in [0, 0.1) is 5.92 Å². The summed E-state index contributed by atoms with van der Waals surface area (Å²) in [5.41, 5.74) is 5.32. The summed E-state index contributed by atoms with van der Waals surface area (Å²) in [6.45, 7) is 13.1. The Balaban J connectivity index is 2.37.